The SMILES string of the molecule is CC1=C(C(=O)Nc2ccccc2F)[C@H](c2ccc(C)cc2)NC(=S)N1. The molecule has 0 spiro atoms. The Kier molecular flexibility index (Phi) is 4.81. The van der Waals surface area contributed by atoms with Crippen molar-refractivity contribution in [1.29, 1.82) is 0 Å². The average molecular weight is 355 g/mol. The maximum atomic E-state index is 13.9. The lowest BCUT2D eigenvalue weighted by molar-refractivity contribution is -0.113. The molecule has 2 aromatic carbocycles. The summed E-state index contributed by atoms with van der Waals surface area (Å²) in [5, 5.41) is 9.18. The second kappa shape index (κ2) is 7.03. The van der Waals surface area contributed by atoms with Gasteiger partial charge in [0.2, 0.25) is 0 Å². The number of anilines is 1. The van der Waals surface area contributed by atoms with E-state index in [4.69, 9.17) is 12.2 Å². The van der Waals surface area contributed by atoms with E-state index < -0.39 is 11.9 Å². The number of para-hydroxylation sites is 1. The molecule has 1 aliphatic heterocycles. The number of allylic oxidation sites excluding steroid dienone is 1. The van der Waals surface area contributed by atoms with Crippen molar-refractivity contribution in [2.24, 2.45) is 0 Å². The van der Waals surface area contributed by atoms with Crippen LogP contribution < -0.4 is 16.0 Å². The second-order valence-electron chi connectivity index (χ2n) is 5.91. The van der Waals surface area contributed by atoms with Crippen molar-refractivity contribution in [2.75, 3.05) is 5.32 Å². The molecule has 0 radical (unpaired) electrons. The van der Waals surface area contributed by atoms with Gasteiger partial charge in [-0.3, -0.25) is 4.79 Å². The number of carbonyl (C=O) groups excluding carboxylic acids is 1. The van der Waals surface area contributed by atoms with Gasteiger partial charge in [0.15, 0.2) is 5.11 Å². The first-order chi connectivity index (χ1) is 12.0. The fourth-order valence-corrected chi connectivity index (χ4v) is 3.03. The molecule has 0 unspecified atom stereocenters. The molecule has 0 saturated carbocycles. The smallest absolute Gasteiger partial charge is 0.255 e. The van der Waals surface area contributed by atoms with Crippen LogP contribution in [-0.4, -0.2) is 11.0 Å². The van der Waals surface area contributed by atoms with E-state index in [2.05, 4.69) is 16.0 Å². The lowest BCUT2D eigenvalue weighted by Gasteiger charge is -2.30. The first kappa shape index (κ1) is 17.1. The Labute approximate surface area is 151 Å². The number of benzene rings is 2. The molecule has 1 amide bonds. The summed E-state index contributed by atoms with van der Waals surface area (Å²) >= 11 is 5.23. The zero-order valence-electron chi connectivity index (χ0n) is 13.9. The number of nitrogens with one attached hydrogen (secondary N) is 3. The van der Waals surface area contributed by atoms with Gasteiger partial charge in [-0.25, -0.2) is 4.39 Å². The number of thiocarbonyl (C=S) groups is 1. The molecule has 0 aliphatic carbocycles. The number of aryl methyl sites for hydroxylation is 1. The highest BCUT2D eigenvalue weighted by molar-refractivity contribution is 7.80. The maximum Gasteiger partial charge on any atom is 0.255 e. The Morgan fingerprint density at radius 2 is 1.80 bits per heavy atom. The van der Waals surface area contributed by atoms with E-state index in [0.29, 0.717) is 16.4 Å². The molecule has 2 aromatic rings. The third kappa shape index (κ3) is 3.69. The number of hydrogen-bond acceptors (Lipinski definition) is 2. The maximum absolute atomic E-state index is 13.9. The van der Waals surface area contributed by atoms with E-state index in [9.17, 15) is 9.18 Å². The van der Waals surface area contributed by atoms with Gasteiger partial charge in [-0.15, -0.1) is 0 Å². The summed E-state index contributed by atoms with van der Waals surface area (Å²) in [6.45, 7) is 3.78. The van der Waals surface area contributed by atoms with E-state index in [1.54, 1.807) is 19.1 Å². The zero-order chi connectivity index (χ0) is 18.0. The van der Waals surface area contributed by atoms with Crippen LogP contribution in [0.3, 0.4) is 0 Å². The Bertz CT molecular complexity index is 861. The Morgan fingerprint density at radius 1 is 1.12 bits per heavy atom. The third-order valence-electron chi connectivity index (χ3n) is 4.05. The monoisotopic (exact) mass is 355 g/mol. The van der Waals surface area contributed by atoms with Crippen LogP contribution in [0.1, 0.15) is 24.1 Å². The minimum absolute atomic E-state index is 0.142. The van der Waals surface area contributed by atoms with E-state index in [-0.39, 0.29) is 11.6 Å². The predicted molar refractivity (Wildman–Crippen MR) is 101 cm³/mol. The molecule has 25 heavy (non-hydrogen) atoms. The lowest BCUT2D eigenvalue weighted by Crippen LogP contribution is -2.45. The predicted octanol–water partition coefficient (Wildman–Crippen LogP) is 3.57. The van der Waals surface area contributed by atoms with Crippen LogP contribution in [0.15, 0.2) is 59.8 Å². The molecule has 1 atom stereocenters. The Hall–Kier alpha value is -2.73. The highest BCUT2D eigenvalue weighted by Gasteiger charge is 2.30. The van der Waals surface area contributed by atoms with Crippen molar-refractivity contribution in [3.63, 3.8) is 0 Å². The van der Waals surface area contributed by atoms with Crippen LogP contribution in [0.2, 0.25) is 0 Å². The highest BCUT2D eigenvalue weighted by atomic mass is 32.1. The van der Waals surface area contributed by atoms with Gasteiger partial charge in [0.1, 0.15) is 5.82 Å². The van der Waals surface area contributed by atoms with E-state index in [1.165, 1.54) is 12.1 Å². The second-order valence-corrected chi connectivity index (χ2v) is 6.32. The number of rotatable bonds is 3. The van der Waals surface area contributed by atoms with Gasteiger partial charge in [-0.1, -0.05) is 42.0 Å². The van der Waals surface area contributed by atoms with Crippen molar-refractivity contribution in [2.45, 2.75) is 19.9 Å². The minimum Gasteiger partial charge on any atom is -0.351 e. The molecule has 0 fully saturated rings. The first-order valence-corrected chi connectivity index (χ1v) is 8.27. The normalized spacial score (nSPS) is 16.9. The highest BCUT2D eigenvalue weighted by Crippen LogP contribution is 2.28. The molecule has 3 N–H and O–H groups in total. The van der Waals surface area contributed by atoms with Crippen molar-refractivity contribution < 1.29 is 9.18 Å². The minimum atomic E-state index is -0.478. The number of carbonyl (C=O) groups is 1. The summed E-state index contributed by atoms with van der Waals surface area (Å²) in [4.78, 5) is 12.8. The molecule has 4 nitrogen and oxygen atoms in total. The molecular weight excluding hydrogens is 337 g/mol. The fraction of sp³-hybridized carbons (Fsp3) is 0.158. The summed E-state index contributed by atoms with van der Waals surface area (Å²) in [5.41, 5.74) is 3.29. The van der Waals surface area contributed by atoms with Crippen LogP contribution >= 0.6 is 12.2 Å². The van der Waals surface area contributed by atoms with Crippen molar-refractivity contribution in [3.8, 4) is 0 Å². The third-order valence-corrected chi connectivity index (χ3v) is 4.27. The Morgan fingerprint density at radius 3 is 2.48 bits per heavy atom. The van der Waals surface area contributed by atoms with Crippen molar-refractivity contribution in [1.82, 2.24) is 10.6 Å². The lowest BCUT2D eigenvalue weighted by atomic mass is 9.94. The van der Waals surface area contributed by atoms with Gasteiger partial charge >= 0.3 is 0 Å². The molecule has 6 heteroatoms. The number of halogens is 1. The molecule has 0 aromatic heterocycles. The van der Waals surface area contributed by atoms with Crippen LogP contribution in [0.4, 0.5) is 10.1 Å². The van der Waals surface area contributed by atoms with E-state index >= 15 is 0 Å². The molecule has 1 heterocycles. The van der Waals surface area contributed by atoms with Crippen LogP contribution in [-0.2, 0) is 4.79 Å². The van der Waals surface area contributed by atoms with Gasteiger partial charge in [-0.2, -0.15) is 0 Å². The van der Waals surface area contributed by atoms with Crippen LogP contribution in [0.5, 0.6) is 0 Å². The molecule has 1 aliphatic rings. The summed E-state index contributed by atoms with van der Waals surface area (Å²) in [6.07, 6.45) is 0. The van der Waals surface area contributed by atoms with Gasteiger partial charge in [0.05, 0.1) is 17.3 Å². The van der Waals surface area contributed by atoms with Crippen LogP contribution in [0, 0.1) is 12.7 Å². The molecule has 128 valence electrons. The molecule has 0 bridgehead atoms. The van der Waals surface area contributed by atoms with Crippen molar-refractivity contribution >= 4 is 28.9 Å². The molecular formula is C19H18FN3OS. The van der Waals surface area contributed by atoms with Crippen LogP contribution in [0.25, 0.3) is 0 Å². The molecule has 3 rings (SSSR count). The largest absolute Gasteiger partial charge is 0.351 e. The van der Waals surface area contributed by atoms with Gasteiger partial charge in [0, 0.05) is 5.70 Å². The van der Waals surface area contributed by atoms with Gasteiger partial charge < -0.3 is 16.0 Å². The topological polar surface area (TPSA) is 53.2 Å². The van der Waals surface area contributed by atoms with Gasteiger partial charge in [-0.05, 0) is 43.8 Å². The number of hydrogen-bond donors (Lipinski definition) is 3. The van der Waals surface area contributed by atoms with E-state index in [0.717, 1.165) is 11.1 Å². The summed E-state index contributed by atoms with van der Waals surface area (Å²) in [6, 6.07) is 13.5. The first-order valence-electron chi connectivity index (χ1n) is 7.86. The quantitative estimate of drug-likeness (QED) is 0.737. The fourth-order valence-electron chi connectivity index (χ4n) is 2.76. The summed E-state index contributed by atoms with van der Waals surface area (Å²) in [5.74, 6) is -0.857. The standard InChI is InChI=1S/C19H18FN3OS/c1-11-7-9-13(10-8-11)17-16(12(2)21-19(25)23-17)18(24)22-15-6-4-3-5-14(15)20/h3-10,17H,1-2H3,(H,22,24)(H2,21,23,25)/t17-/m0/s1. The van der Waals surface area contributed by atoms with Crippen molar-refractivity contribution in [3.05, 3.63) is 76.7 Å². The Balaban J connectivity index is 1.96. The number of amides is 1. The molecule has 0 saturated heterocycles. The van der Waals surface area contributed by atoms with Gasteiger partial charge in [0.25, 0.3) is 5.91 Å². The summed E-state index contributed by atoms with van der Waals surface area (Å²) < 4.78 is 13.9. The zero-order valence-corrected chi connectivity index (χ0v) is 14.7. The average Bonchev–Trinajstić information content (AvgIpc) is 2.57. The van der Waals surface area contributed by atoms with E-state index in [1.807, 2.05) is 31.2 Å². The summed E-state index contributed by atoms with van der Waals surface area (Å²) in [7, 11) is 0.